The van der Waals surface area contributed by atoms with Gasteiger partial charge in [0.05, 0.1) is 11.7 Å². The fourth-order valence-electron chi connectivity index (χ4n) is 3.70. The van der Waals surface area contributed by atoms with E-state index in [2.05, 4.69) is 22.4 Å². The van der Waals surface area contributed by atoms with Crippen LogP contribution in [0.3, 0.4) is 0 Å². The third kappa shape index (κ3) is 3.40. The topological polar surface area (TPSA) is 67.0 Å². The molecule has 5 heteroatoms. The zero-order valence-electron chi connectivity index (χ0n) is 14.2. The summed E-state index contributed by atoms with van der Waals surface area (Å²) in [6, 6.07) is 4.29. The molecule has 0 radical (unpaired) electrons. The highest BCUT2D eigenvalue weighted by molar-refractivity contribution is 5.83. The van der Waals surface area contributed by atoms with E-state index < -0.39 is 0 Å². The van der Waals surface area contributed by atoms with Crippen molar-refractivity contribution in [1.82, 2.24) is 15.5 Å². The maximum absolute atomic E-state index is 12.0. The van der Waals surface area contributed by atoms with Crippen LogP contribution in [0.25, 0.3) is 10.9 Å². The van der Waals surface area contributed by atoms with Crippen molar-refractivity contribution in [3.63, 3.8) is 0 Å². The predicted molar refractivity (Wildman–Crippen MR) is 93.0 cm³/mol. The Morgan fingerprint density at radius 1 is 1.33 bits per heavy atom. The van der Waals surface area contributed by atoms with Crippen LogP contribution in [0.4, 0.5) is 0 Å². The van der Waals surface area contributed by atoms with Crippen LogP contribution in [0.15, 0.2) is 18.3 Å². The van der Waals surface area contributed by atoms with Crippen molar-refractivity contribution in [2.24, 2.45) is 5.92 Å². The Morgan fingerprint density at radius 3 is 3.04 bits per heavy atom. The van der Waals surface area contributed by atoms with Crippen molar-refractivity contribution in [2.45, 2.75) is 64.0 Å². The number of fused-ring (bicyclic) bond motifs is 1. The van der Waals surface area contributed by atoms with Gasteiger partial charge in [0.2, 0.25) is 5.91 Å². The second-order valence-corrected chi connectivity index (χ2v) is 7.34. The van der Waals surface area contributed by atoms with E-state index in [9.17, 15) is 4.79 Å². The summed E-state index contributed by atoms with van der Waals surface area (Å²) >= 11 is 0. The molecule has 2 N–H and O–H groups in total. The van der Waals surface area contributed by atoms with E-state index in [-0.39, 0.29) is 18.1 Å². The van der Waals surface area contributed by atoms with Crippen LogP contribution < -0.4 is 10.1 Å². The molecule has 2 saturated carbocycles. The molecule has 2 aliphatic rings. The number of nitrogens with one attached hydrogen (secondary N) is 2. The number of nitrogens with zero attached hydrogens (tertiary/aromatic N) is 1. The number of aromatic amines is 1. The number of amides is 1. The molecule has 4 rings (SSSR count). The SMILES string of the molecule is Cc1c(O[C@@H]2CCC[C@H](NC(=O)CC3CC3)C2)ccc2[nH]ncc12. The molecule has 0 bridgehead atoms. The molecule has 2 aromatic rings. The molecule has 2 aliphatic carbocycles. The Hall–Kier alpha value is -2.04. The van der Waals surface area contributed by atoms with Gasteiger partial charge in [-0.25, -0.2) is 0 Å². The first-order valence-electron chi connectivity index (χ1n) is 9.08. The summed E-state index contributed by atoms with van der Waals surface area (Å²) in [7, 11) is 0. The van der Waals surface area contributed by atoms with Gasteiger partial charge in [-0.2, -0.15) is 5.10 Å². The van der Waals surface area contributed by atoms with Gasteiger partial charge in [-0.05, 0) is 57.1 Å². The zero-order valence-corrected chi connectivity index (χ0v) is 14.2. The van der Waals surface area contributed by atoms with Gasteiger partial charge in [0, 0.05) is 29.8 Å². The van der Waals surface area contributed by atoms with Crippen molar-refractivity contribution in [3.05, 3.63) is 23.9 Å². The van der Waals surface area contributed by atoms with E-state index in [1.165, 1.54) is 12.8 Å². The first-order chi connectivity index (χ1) is 11.7. The first-order valence-corrected chi connectivity index (χ1v) is 9.08. The third-order valence-electron chi connectivity index (χ3n) is 5.30. The second kappa shape index (κ2) is 6.46. The molecular weight excluding hydrogens is 302 g/mol. The smallest absolute Gasteiger partial charge is 0.220 e. The van der Waals surface area contributed by atoms with E-state index in [0.29, 0.717) is 12.3 Å². The number of benzene rings is 1. The molecule has 1 aromatic heterocycles. The molecule has 0 spiro atoms. The van der Waals surface area contributed by atoms with E-state index >= 15 is 0 Å². The predicted octanol–water partition coefficient (Wildman–Crippen LogP) is 3.48. The summed E-state index contributed by atoms with van der Waals surface area (Å²) < 4.78 is 6.28. The number of hydrogen-bond donors (Lipinski definition) is 2. The molecule has 128 valence electrons. The Balaban J connectivity index is 1.38. The van der Waals surface area contributed by atoms with Gasteiger partial charge >= 0.3 is 0 Å². The number of rotatable bonds is 5. The number of aromatic nitrogens is 2. The Morgan fingerprint density at radius 2 is 2.21 bits per heavy atom. The monoisotopic (exact) mass is 327 g/mol. The lowest BCUT2D eigenvalue weighted by Gasteiger charge is -2.30. The van der Waals surface area contributed by atoms with Crippen LogP contribution in [0.5, 0.6) is 5.75 Å². The summed E-state index contributed by atoms with van der Waals surface area (Å²) in [6.45, 7) is 2.07. The average Bonchev–Trinajstić information content (AvgIpc) is 3.23. The minimum atomic E-state index is 0.174. The van der Waals surface area contributed by atoms with Gasteiger partial charge in [-0.3, -0.25) is 9.89 Å². The zero-order chi connectivity index (χ0) is 16.5. The number of hydrogen-bond acceptors (Lipinski definition) is 3. The summed E-state index contributed by atoms with van der Waals surface area (Å²) in [6.07, 6.45) is 9.30. The molecule has 0 saturated heterocycles. The molecule has 1 amide bonds. The van der Waals surface area contributed by atoms with Crippen LogP contribution in [-0.2, 0) is 4.79 Å². The summed E-state index contributed by atoms with van der Waals surface area (Å²) in [5.74, 6) is 1.79. The number of carbonyl (C=O) groups is 1. The fraction of sp³-hybridized carbons (Fsp3) is 0.579. The quantitative estimate of drug-likeness (QED) is 0.883. The van der Waals surface area contributed by atoms with E-state index in [4.69, 9.17) is 4.74 Å². The molecule has 2 atom stereocenters. The molecule has 0 unspecified atom stereocenters. The van der Waals surface area contributed by atoms with Crippen molar-refractivity contribution >= 4 is 16.8 Å². The third-order valence-corrected chi connectivity index (χ3v) is 5.30. The van der Waals surface area contributed by atoms with Gasteiger partial charge in [-0.1, -0.05) is 0 Å². The minimum absolute atomic E-state index is 0.174. The highest BCUT2D eigenvalue weighted by Crippen LogP contribution is 2.33. The lowest BCUT2D eigenvalue weighted by molar-refractivity contribution is -0.122. The van der Waals surface area contributed by atoms with Crippen molar-refractivity contribution in [1.29, 1.82) is 0 Å². The standard InChI is InChI=1S/C19H25N3O2/c1-12-16-11-20-22-17(16)7-8-18(12)24-15-4-2-3-14(10-15)21-19(23)9-13-5-6-13/h7-8,11,13-15H,2-6,9-10H2,1H3,(H,20,22)(H,21,23)/t14-,15+/m0/s1. The van der Waals surface area contributed by atoms with E-state index in [1.54, 1.807) is 0 Å². The van der Waals surface area contributed by atoms with Crippen LogP contribution in [0, 0.1) is 12.8 Å². The van der Waals surface area contributed by atoms with Gasteiger partial charge in [-0.15, -0.1) is 0 Å². The average molecular weight is 327 g/mol. The number of carbonyl (C=O) groups excluding carboxylic acids is 1. The Labute approximate surface area is 142 Å². The Kier molecular flexibility index (Phi) is 4.17. The van der Waals surface area contributed by atoms with Crippen molar-refractivity contribution in [2.75, 3.05) is 0 Å². The van der Waals surface area contributed by atoms with Crippen molar-refractivity contribution in [3.8, 4) is 5.75 Å². The summed E-state index contributed by atoms with van der Waals surface area (Å²) in [4.78, 5) is 12.0. The summed E-state index contributed by atoms with van der Waals surface area (Å²) in [5.41, 5.74) is 2.16. The first kappa shape index (κ1) is 15.5. The van der Waals surface area contributed by atoms with Crippen LogP contribution in [-0.4, -0.2) is 28.3 Å². The molecule has 0 aliphatic heterocycles. The van der Waals surface area contributed by atoms with Gasteiger partial charge in [0.1, 0.15) is 11.9 Å². The molecule has 1 heterocycles. The van der Waals surface area contributed by atoms with Crippen LogP contribution >= 0.6 is 0 Å². The van der Waals surface area contributed by atoms with Gasteiger partial charge < -0.3 is 10.1 Å². The van der Waals surface area contributed by atoms with Gasteiger partial charge in [0.25, 0.3) is 0 Å². The molecule has 2 fully saturated rings. The van der Waals surface area contributed by atoms with E-state index in [1.807, 2.05) is 18.3 Å². The largest absolute Gasteiger partial charge is 0.490 e. The highest BCUT2D eigenvalue weighted by atomic mass is 16.5. The van der Waals surface area contributed by atoms with Crippen molar-refractivity contribution < 1.29 is 9.53 Å². The number of H-pyrrole nitrogens is 1. The molecular formula is C19H25N3O2. The molecule has 24 heavy (non-hydrogen) atoms. The number of ether oxygens (including phenoxy) is 1. The molecule has 5 nitrogen and oxygen atoms in total. The second-order valence-electron chi connectivity index (χ2n) is 7.34. The minimum Gasteiger partial charge on any atom is -0.490 e. The van der Waals surface area contributed by atoms with Crippen LogP contribution in [0.2, 0.25) is 0 Å². The fourth-order valence-corrected chi connectivity index (χ4v) is 3.70. The maximum Gasteiger partial charge on any atom is 0.220 e. The lowest BCUT2D eigenvalue weighted by atomic mass is 9.92. The molecule has 1 aromatic carbocycles. The Bertz CT molecular complexity index is 735. The summed E-state index contributed by atoms with van der Waals surface area (Å²) in [5, 5.41) is 11.4. The highest BCUT2D eigenvalue weighted by Gasteiger charge is 2.28. The number of aryl methyl sites for hydroxylation is 1. The van der Waals surface area contributed by atoms with Crippen LogP contribution in [0.1, 0.15) is 50.5 Å². The van der Waals surface area contributed by atoms with Gasteiger partial charge in [0.15, 0.2) is 0 Å². The van der Waals surface area contributed by atoms with E-state index in [0.717, 1.165) is 47.9 Å². The normalized spacial score (nSPS) is 24.0. The maximum atomic E-state index is 12.0. The lowest BCUT2D eigenvalue weighted by Crippen LogP contribution is -2.41.